The molecule has 1 aromatic carbocycles. The van der Waals surface area contributed by atoms with E-state index in [2.05, 4.69) is 30.8 Å². The largest absolute Gasteiger partial charge is 0.361 e. The number of benzene rings is 1. The molecule has 4 heterocycles. The molecule has 2 aromatic rings. The normalized spacial score (nSPS) is 19.8. The third-order valence-corrected chi connectivity index (χ3v) is 6.32. The Kier molecular flexibility index (Phi) is 5.83. The summed E-state index contributed by atoms with van der Waals surface area (Å²) in [7, 11) is 0. The number of aromatic nitrogens is 2. The van der Waals surface area contributed by atoms with Crippen LogP contribution in [0.25, 0.3) is 0 Å². The van der Waals surface area contributed by atoms with Crippen LogP contribution in [-0.4, -0.2) is 64.2 Å². The first-order valence-corrected chi connectivity index (χ1v) is 11.4. The number of amides is 4. The number of anilines is 3. The molecule has 3 N–H and O–H groups in total. The first kappa shape index (κ1) is 21.8. The van der Waals surface area contributed by atoms with Gasteiger partial charge in [0.1, 0.15) is 11.9 Å². The van der Waals surface area contributed by atoms with E-state index in [-0.39, 0.29) is 43.7 Å². The lowest BCUT2D eigenvalue weighted by molar-refractivity contribution is -0.137. The number of carbonyl (C=O) groups excluding carboxylic acids is 4. The number of rotatable bonds is 6. The second-order valence-electron chi connectivity index (χ2n) is 8.57. The summed E-state index contributed by atoms with van der Waals surface area (Å²) in [4.78, 5) is 61.7. The van der Waals surface area contributed by atoms with Gasteiger partial charge in [0.15, 0.2) is 0 Å². The molecule has 2 fully saturated rings. The number of carbonyl (C=O) groups is 4. The van der Waals surface area contributed by atoms with Crippen LogP contribution >= 0.6 is 0 Å². The smallest absolute Gasteiger partial charge is 0.255 e. The number of fused-ring (bicyclic) bond motifs is 1. The molecule has 0 aliphatic carbocycles. The predicted molar refractivity (Wildman–Crippen MR) is 123 cm³/mol. The van der Waals surface area contributed by atoms with E-state index in [4.69, 9.17) is 0 Å². The van der Waals surface area contributed by atoms with Crippen molar-refractivity contribution in [1.82, 2.24) is 20.2 Å². The van der Waals surface area contributed by atoms with E-state index in [1.807, 2.05) is 0 Å². The molecule has 0 radical (unpaired) electrons. The average Bonchev–Trinajstić information content (AvgIpc) is 3.48. The molecule has 5 rings (SSSR count). The Morgan fingerprint density at radius 2 is 1.97 bits per heavy atom. The van der Waals surface area contributed by atoms with Crippen molar-refractivity contribution >= 4 is 41.1 Å². The second-order valence-corrected chi connectivity index (χ2v) is 8.57. The van der Waals surface area contributed by atoms with Gasteiger partial charge in [0.2, 0.25) is 23.7 Å². The maximum absolute atomic E-state index is 12.9. The molecule has 3 aliphatic heterocycles. The highest BCUT2D eigenvalue weighted by Gasteiger charge is 2.39. The fourth-order valence-electron chi connectivity index (χ4n) is 4.58. The molecule has 11 nitrogen and oxygen atoms in total. The summed E-state index contributed by atoms with van der Waals surface area (Å²) in [6, 6.07) is 6.11. The zero-order valence-electron chi connectivity index (χ0n) is 18.5. The number of piperidine rings is 1. The molecule has 34 heavy (non-hydrogen) atoms. The Balaban J connectivity index is 1.23. The highest BCUT2D eigenvalue weighted by Crippen LogP contribution is 2.32. The maximum atomic E-state index is 12.9. The molecule has 176 valence electrons. The molecule has 0 saturated carbocycles. The van der Waals surface area contributed by atoms with Crippen molar-refractivity contribution in [2.75, 3.05) is 35.2 Å². The van der Waals surface area contributed by atoms with Gasteiger partial charge in [-0.25, -0.2) is 4.98 Å². The van der Waals surface area contributed by atoms with Crippen molar-refractivity contribution in [3.63, 3.8) is 0 Å². The van der Waals surface area contributed by atoms with Crippen LogP contribution in [0.4, 0.5) is 17.5 Å². The Morgan fingerprint density at radius 3 is 2.76 bits per heavy atom. The minimum absolute atomic E-state index is 0.00900. The average molecular weight is 463 g/mol. The number of hydrogen-bond acceptors (Lipinski definition) is 8. The Morgan fingerprint density at radius 1 is 1.15 bits per heavy atom. The maximum Gasteiger partial charge on any atom is 0.255 e. The number of hydrogen-bond donors (Lipinski definition) is 3. The van der Waals surface area contributed by atoms with Crippen molar-refractivity contribution in [3.05, 3.63) is 41.6 Å². The van der Waals surface area contributed by atoms with E-state index < -0.39 is 11.9 Å². The van der Waals surface area contributed by atoms with Crippen LogP contribution in [0.1, 0.15) is 41.6 Å². The van der Waals surface area contributed by atoms with E-state index in [1.54, 1.807) is 30.5 Å². The van der Waals surface area contributed by atoms with Crippen molar-refractivity contribution in [1.29, 1.82) is 0 Å². The van der Waals surface area contributed by atoms with E-state index in [0.717, 1.165) is 25.9 Å². The number of nitrogens with zero attached hydrogens (tertiary/aromatic N) is 4. The fraction of sp³-hybridized carbons (Fsp3) is 0.391. The minimum atomic E-state index is -0.703. The Bertz CT molecular complexity index is 1160. The van der Waals surface area contributed by atoms with E-state index in [1.165, 1.54) is 4.90 Å². The van der Waals surface area contributed by atoms with Crippen molar-refractivity contribution < 1.29 is 19.2 Å². The molecule has 3 aliphatic rings. The lowest BCUT2D eigenvalue weighted by atomic mass is 10.0. The first-order valence-electron chi connectivity index (χ1n) is 11.4. The number of nitrogens with one attached hydrogen (secondary N) is 3. The van der Waals surface area contributed by atoms with Gasteiger partial charge in [-0.2, -0.15) is 4.98 Å². The fourth-order valence-corrected chi connectivity index (χ4v) is 4.58. The van der Waals surface area contributed by atoms with Gasteiger partial charge in [-0.1, -0.05) is 6.07 Å². The topological polar surface area (TPSA) is 137 Å². The second kappa shape index (κ2) is 9.08. The monoisotopic (exact) mass is 463 g/mol. The van der Waals surface area contributed by atoms with Gasteiger partial charge in [0.25, 0.3) is 5.91 Å². The van der Waals surface area contributed by atoms with Gasteiger partial charge in [-0.15, -0.1) is 0 Å². The van der Waals surface area contributed by atoms with Crippen LogP contribution < -0.4 is 20.9 Å². The van der Waals surface area contributed by atoms with Crippen molar-refractivity contribution in [2.45, 2.75) is 38.3 Å². The summed E-state index contributed by atoms with van der Waals surface area (Å²) < 4.78 is 0. The summed E-state index contributed by atoms with van der Waals surface area (Å²) >= 11 is 0. The van der Waals surface area contributed by atoms with Gasteiger partial charge in [-0.05, 0) is 37.5 Å². The zero-order chi connectivity index (χ0) is 23.7. The molecule has 1 atom stereocenters. The summed E-state index contributed by atoms with van der Waals surface area (Å²) in [5, 5.41) is 8.17. The van der Waals surface area contributed by atoms with Crippen LogP contribution in [0, 0.1) is 0 Å². The molecular weight excluding hydrogens is 438 g/mol. The summed E-state index contributed by atoms with van der Waals surface area (Å²) in [6.07, 6.45) is 4.38. The first-order chi connectivity index (χ1) is 16.5. The Hall–Kier alpha value is -4.02. The van der Waals surface area contributed by atoms with Gasteiger partial charge in [-0.3, -0.25) is 24.5 Å². The predicted octanol–water partition coefficient (Wildman–Crippen LogP) is 0.888. The highest BCUT2D eigenvalue weighted by molar-refractivity contribution is 6.07. The molecule has 1 aromatic heterocycles. The minimum Gasteiger partial charge on any atom is -0.361 e. The Labute approximate surface area is 195 Å². The van der Waals surface area contributed by atoms with Crippen LogP contribution in [-0.2, 0) is 20.9 Å². The molecular formula is C23H25N7O4. The number of imide groups is 1. The van der Waals surface area contributed by atoms with E-state index >= 15 is 0 Å². The molecule has 4 amide bonds. The van der Waals surface area contributed by atoms with Crippen LogP contribution in [0.3, 0.4) is 0 Å². The van der Waals surface area contributed by atoms with Crippen LogP contribution in [0.2, 0.25) is 0 Å². The van der Waals surface area contributed by atoms with Gasteiger partial charge < -0.3 is 20.4 Å². The van der Waals surface area contributed by atoms with Crippen molar-refractivity contribution in [3.8, 4) is 0 Å². The van der Waals surface area contributed by atoms with Gasteiger partial charge in [0, 0.05) is 49.1 Å². The summed E-state index contributed by atoms with van der Waals surface area (Å²) in [5.41, 5.74) is 1.62. The van der Waals surface area contributed by atoms with Gasteiger partial charge in [0.05, 0.1) is 6.54 Å². The van der Waals surface area contributed by atoms with Crippen LogP contribution in [0.5, 0.6) is 0 Å². The third kappa shape index (κ3) is 4.28. The van der Waals surface area contributed by atoms with Gasteiger partial charge >= 0.3 is 0 Å². The molecule has 11 heteroatoms. The quantitative estimate of drug-likeness (QED) is 0.537. The highest BCUT2D eigenvalue weighted by atomic mass is 16.2. The SMILES string of the molecule is O=C1CCC(N2Cc3c(NC(=O)CNc4ccnc(N5CCCC5)n4)cccc3C2=O)C(=O)N1. The van der Waals surface area contributed by atoms with E-state index in [0.29, 0.717) is 28.6 Å². The zero-order valence-corrected chi connectivity index (χ0v) is 18.5. The standard InChI is InChI=1S/C23H25N7O4/c31-19-7-6-17(21(33)28-19)30-13-15-14(22(30)34)4-3-5-16(15)26-20(32)12-25-18-8-9-24-23(27-18)29-10-1-2-11-29/h3-5,8-9,17H,1-2,6-7,10-13H2,(H,26,32)(H,24,25,27)(H,28,31,33). The summed E-state index contributed by atoms with van der Waals surface area (Å²) in [6.45, 7) is 2.04. The third-order valence-electron chi connectivity index (χ3n) is 6.32. The molecule has 1 unspecified atom stereocenters. The van der Waals surface area contributed by atoms with E-state index in [9.17, 15) is 19.2 Å². The molecule has 2 saturated heterocycles. The van der Waals surface area contributed by atoms with Crippen molar-refractivity contribution in [2.24, 2.45) is 0 Å². The lowest BCUT2D eigenvalue weighted by Gasteiger charge is -2.29. The molecule has 0 bridgehead atoms. The van der Waals surface area contributed by atoms with Crippen LogP contribution in [0.15, 0.2) is 30.5 Å². The molecule has 0 spiro atoms. The summed E-state index contributed by atoms with van der Waals surface area (Å²) in [5.74, 6) is -0.163. The lowest BCUT2D eigenvalue weighted by Crippen LogP contribution is -2.52.